The minimum atomic E-state index is 0.0724. The highest BCUT2D eigenvalue weighted by Crippen LogP contribution is 2.18. The van der Waals surface area contributed by atoms with Gasteiger partial charge in [-0.05, 0) is 37.8 Å². The van der Waals surface area contributed by atoms with Gasteiger partial charge in [0.2, 0.25) is 5.91 Å². The molecule has 0 bridgehead atoms. The van der Waals surface area contributed by atoms with Crippen molar-refractivity contribution in [1.29, 1.82) is 0 Å². The maximum absolute atomic E-state index is 12.3. The molecule has 1 atom stereocenters. The van der Waals surface area contributed by atoms with Gasteiger partial charge < -0.3 is 19.3 Å². The fourth-order valence-electron chi connectivity index (χ4n) is 3.28. The van der Waals surface area contributed by atoms with Crippen molar-refractivity contribution in [1.82, 2.24) is 9.88 Å². The first-order valence-electron chi connectivity index (χ1n) is 8.88. The summed E-state index contributed by atoms with van der Waals surface area (Å²) in [6.45, 7) is 6.64. The van der Waals surface area contributed by atoms with Crippen LogP contribution in [0.25, 0.3) is 0 Å². The summed E-state index contributed by atoms with van der Waals surface area (Å²) in [5, 5.41) is 0. The van der Waals surface area contributed by atoms with Gasteiger partial charge in [0.05, 0.1) is 12.7 Å². The molecule has 6 heteroatoms. The maximum atomic E-state index is 12.3. The van der Waals surface area contributed by atoms with Gasteiger partial charge in [0.1, 0.15) is 12.4 Å². The molecular formula is C18H27N3O3. The van der Waals surface area contributed by atoms with Gasteiger partial charge in [-0.15, -0.1) is 0 Å². The predicted molar refractivity (Wildman–Crippen MR) is 92.2 cm³/mol. The Labute approximate surface area is 143 Å². The molecule has 2 fully saturated rings. The molecule has 1 aromatic rings. The number of hydrogen-bond acceptors (Lipinski definition) is 5. The number of nitrogens with zero attached hydrogens (tertiary/aromatic N) is 3. The smallest absolute Gasteiger partial charge is 0.248 e. The highest BCUT2D eigenvalue weighted by atomic mass is 16.5. The molecule has 2 aliphatic heterocycles. The van der Waals surface area contributed by atoms with Gasteiger partial charge in [0.25, 0.3) is 0 Å². The third kappa shape index (κ3) is 4.45. The summed E-state index contributed by atoms with van der Waals surface area (Å²) in [4.78, 5) is 20.9. The number of pyridine rings is 1. The average molecular weight is 333 g/mol. The number of rotatable bonds is 5. The van der Waals surface area contributed by atoms with Gasteiger partial charge in [-0.25, -0.2) is 4.98 Å². The topological polar surface area (TPSA) is 54.9 Å². The van der Waals surface area contributed by atoms with Crippen LogP contribution in [0.4, 0.5) is 5.82 Å². The van der Waals surface area contributed by atoms with E-state index in [4.69, 9.17) is 9.47 Å². The van der Waals surface area contributed by atoms with Crippen molar-refractivity contribution in [2.75, 3.05) is 50.9 Å². The van der Waals surface area contributed by atoms with E-state index in [9.17, 15) is 4.79 Å². The lowest BCUT2D eigenvalue weighted by atomic mass is 10.1. The minimum Gasteiger partial charge on any atom is -0.376 e. The lowest BCUT2D eigenvalue weighted by Crippen LogP contribution is -2.50. The zero-order valence-electron chi connectivity index (χ0n) is 14.4. The largest absolute Gasteiger partial charge is 0.376 e. The standard InChI is InChI=1S/C18H27N3O3/c1-15-5-4-7-19-18(15)21-10-8-20(9-11-21)17(22)14-23-13-16-6-2-3-12-24-16/h4-5,7,16H,2-3,6,8-14H2,1H3. The Hall–Kier alpha value is -1.66. The van der Waals surface area contributed by atoms with Gasteiger partial charge in [-0.1, -0.05) is 6.07 Å². The molecule has 3 rings (SSSR count). The molecule has 1 aromatic heterocycles. The summed E-state index contributed by atoms with van der Waals surface area (Å²) in [5.41, 5.74) is 1.17. The molecule has 0 aromatic carbocycles. The van der Waals surface area contributed by atoms with E-state index in [1.165, 1.54) is 12.0 Å². The lowest BCUT2D eigenvalue weighted by Gasteiger charge is -2.36. The van der Waals surface area contributed by atoms with E-state index in [1.54, 1.807) is 0 Å². The van der Waals surface area contributed by atoms with Crippen molar-refractivity contribution in [3.8, 4) is 0 Å². The van der Waals surface area contributed by atoms with Crippen LogP contribution in [0.2, 0.25) is 0 Å². The molecule has 6 nitrogen and oxygen atoms in total. The summed E-state index contributed by atoms with van der Waals surface area (Å²) < 4.78 is 11.2. The zero-order chi connectivity index (χ0) is 16.8. The van der Waals surface area contributed by atoms with Gasteiger partial charge >= 0.3 is 0 Å². The molecule has 1 unspecified atom stereocenters. The summed E-state index contributed by atoms with van der Waals surface area (Å²) in [7, 11) is 0. The second-order valence-corrected chi connectivity index (χ2v) is 6.52. The Morgan fingerprint density at radius 1 is 1.33 bits per heavy atom. The summed E-state index contributed by atoms with van der Waals surface area (Å²) >= 11 is 0. The first-order valence-corrected chi connectivity index (χ1v) is 8.88. The number of piperazine rings is 1. The van der Waals surface area contributed by atoms with Crippen LogP contribution in [0, 0.1) is 6.92 Å². The van der Waals surface area contributed by atoms with E-state index < -0.39 is 0 Å². The molecule has 2 aliphatic rings. The Morgan fingerprint density at radius 2 is 2.17 bits per heavy atom. The van der Waals surface area contributed by atoms with Crippen LogP contribution in [0.1, 0.15) is 24.8 Å². The highest BCUT2D eigenvalue weighted by molar-refractivity contribution is 5.77. The van der Waals surface area contributed by atoms with Crippen LogP contribution in [0.3, 0.4) is 0 Å². The Bertz CT molecular complexity index is 538. The van der Waals surface area contributed by atoms with Crippen LogP contribution in [0.15, 0.2) is 18.3 Å². The summed E-state index contributed by atoms with van der Waals surface area (Å²) in [6.07, 6.45) is 5.35. The van der Waals surface area contributed by atoms with E-state index in [2.05, 4.69) is 22.9 Å². The van der Waals surface area contributed by atoms with Crippen LogP contribution in [-0.2, 0) is 14.3 Å². The van der Waals surface area contributed by atoms with E-state index >= 15 is 0 Å². The second kappa shape index (κ2) is 8.44. The normalized spacial score (nSPS) is 21.8. The number of hydrogen-bond donors (Lipinski definition) is 0. The monoisotopic (exact) mass is 333 g/mol. The number of aryl methyl sites for hydroxylation is 1. The Kier molecular flexibility index (Phi) is 6.04. The molecule has 0 radical (unpaired) electrons. The quantitative estimate of drug-likeness (QED) is 0.820. The van der Waals surface area contributed by atoms with E-state index in [0.717, 1.165) is 51.4 Å². The maximum Gasteiger partial charge on any atom is 0.248 e. The minimum absolute atomic E-state index is 0.0724. The van der Waals surface area contributed by atoms with E-state index in [0.29, 0.717) is 6.61 Å². The Morgan fingerprint density at radius 3 is 2.88 bits per heavy atom. The van der Waals surface area contributed by atoms with Gasteiger partial charge in [0.15, 0.2) is 0 Å². The van der Waals surface area contributed by atoms with Gasteiger partial charge in [-0.2, -0.15) is 0 Å². The number of carbonyl (C=O) groups is 1. The van der Waals surface area contributed by atoms with Crippen molar-refractivity contribution >= 4 is 11.7 Å². The number of ether oxygens (including phenoxy) is 2. The first-order chi connectivity index (χ1) is 11.7. The fraction of sp³-hybridized carbons (Fsp3) is 0.667. The number of anilines is 1. The number of carbonyl (C=O) groups excluding carboxylic acids is 1. The molecule has 0 aliphatic carbocycles. The van der Waals surface area contributed by atoms with E-state index in [1.807, 2.05) is 17.2 Å². The van der Waals surface area contributed by atoms with Gasteiger partial charge in [-0.3, -0.25) is 4.79 Å². The molecule has 132 valence electrons. The van der Waals surface area contributed by atoms with Crippen LogP contribution in [0.5, 0.6) is 0 Å². The fourth-order valence-corrected chi connectivity index (χ4v) is 3.28. The van der Waals surface area contributed by atoms with Crippen molar-refractivity contribution in [2.24, 2.45) is 0 Å². The highest BCUT2D eigenvalue weighted by Gasteiger charge is 2.23. The summed E-state index contributed by atoms with van der Waals surface area (Å²) in [5.74, 6) is 1.10. The molecule has 3 heterocycles. The molecule has 0 spiro atoms. The van der Waals surface area contributed by atoms with Crippen molar-refractivity contribution in [3.63, 3.8) is 0 Å². The SMILES string of the molecule is Cc1cccnc1N1CCN(C(=O)COCC2CCCCO2)CC1. The van der Waals surface area contributed by atoms with Crippen molar-refractivity contribution < 1.29 is 14.3 Å². The van der Waals surface area contributed by atoms with Crippen LogP contribution in [-0.4, -0.2) is 67.9 Å². The Balaban J connectivity index is 1.39. The third-order valence-electron chi connectivity index (χ3n) is 4.72. The van der Waals surface area contributed by atoms with Crippen molar-refractivity contribution in [3.05, 3.63) is 23.9 Å². The predicted octanol–water partition coefficient (Wildman–Crippen LogP) is 1.62. The first kappa shape index (κ1) is 17.2. The molecule has 24 heavy (non-hydrogen) atoms. The lowest BCUT2D eigenvalue weighted by molar-refractivity contribution is -0.138. The number of aromatic nitrogens is 1. The van der Waals surface area contributed by atoms with Crippen molar-refractivity contribution in [2.45, 2.75) is 32.3 Å². The molecular weight excluding hydrogens is 306 g/mol. The number of amides is 1. The molecule has 2 saturated heterocycles. The zero-order valence-corrected chi connectivity index (χ0v) is 14.4. The van der Waals surface area contributed by atoms with Crippen LogP contribution >= 0.6 is 0 Å². The molecule has 0 saturated carbocycles. The van der Waals surface area contributed by atoms with Crippen LogP contribution < -0.4 is 4.90 Å². The van der Waals surface area contributed by atoms with Gasteiger partial charge in [0, 0.05) is 39.0 Å². The molecule has 0 N–H and O–H groups in total. The second-order valence-electron chi connectivity index (χ2n) is 6.52. The average Bonchev–Trinajstić information content (AvgIpc) is 2.63. The molecule has 1 amide bonds. The third-order valence-corrected chi connectivity index (χ3v) is 4.72. The van der Waals surface area contributed by atoms with E-state index in [-0.39, 0.29) is 18.6 Å². The summed E-state index contributed by atoms with van der Waals surface area (Å²) in [6, 6.07) is 4.02.